The maximum atomic E-state index is 11.9. The van der Waals surface area contributed by atoms with E-state index in [2.05, 4.69) is 15.0 Å². The first kappa shape index (κ1) is 18.0. The summed E-state index contributed by atoms with van der Waals surface area (Å²) < 4.78 is 34.5. The van der Waals surface area contributed by atoms with Gasteiger partial charge < -0.3 is 20.9 Å². The molecule has 28 heavy (non-hydrogen) atoms. The summed E-state index contributed by atoms with van der Waals surface area (Å²) in [5.41, 5.74) is 12.4. The molecule has 0 saturated carbocycles. The number of nitrogens with two attached hydrogens (primary N) is 2. The molecule has 4 rings (SSSR count). The second kappa shape index (κ2) is 6.64. The highest BCUT2D eigenvalue weighted by Crippen LogP contribution is 2.33. The number of ether oxygens (including phenoxy) is 2. The van der Waals surface area contributed by atoms with Gasteiger partial charge in [-0.15, -0.1) is 0 Å². The molecule has 0 unspecified atom stereocenters. The fraction of sp³-hybridized carbons (Fsp3) is 0.167. The number of sulfone groups is 1. The highest BCUT2D eigenvalue weighted by molar-refractivity contribution is 7.90. The van der Waals surface area contributed by atoms with E-state index in [0.29, 0.717) is 34.6 Å². The van der Waals surface area contributed by atoms with Crippen molar-refractivity contribution in [1.82, 2.24) is 9.97 Å². The Labute approximate surface area is 160 Å². The van der Waals surface area contributed by atoms with Crippen LogP contribution in [-0.2, 0) is 16.3 Å². The zero-order valence-electron chi connectivity index (χ0n) is 14.9. The van der Waals surface area contributed by atoms with Gasteiger partial charge in [-0.1, -0.05) is 6.07 Å². The molecule has 0 fully saturated rings. The van der Waals surface area contributed by atoms with Crippen LogP contribution in [0.5, 0.6) is 11.5 Å². The van der Waals surface area contributed by atoms with Crippen LogP contribution in [0, 0.1) is 0 Å². The fourth-order valence-electron chi connectivity index (χ4n) is 2.89. The van der Waals surface area contributed by atoms with Crippen molar-refractivity contribution < 1.29 is 17.9 Å². The molecule has 2 aromatic carbocycles. The first-order valence-electron chi connectivity index (χ1n) is 8.28. The Bertz CT molecular complexity index is 1220. The van der Waals surface area contributed by atoms with Crippen molar-refractivity contribution in [2.45, 2.75) is 11.3 Å². The van der Waals surface area contributed by atoms with Crippen molar-refractivity contribution in [3.8, 4) is 11.5 Å². The van der Waals surface area contributed by atoms with E-state index < -0.39 is 9.84 Å². The van der Waals surface area contributed by atoms with Gasteiger partial charge >= 0.3 is 0 Å². The number of guanidine groups is 1. The second-order valence-corrected chi connectivity index (χ2v) is 8.33. The first-order chi connectivity index (χ1) is 13.3. The van der Waals surface area contributed by atoms with Gasteiger partial charge in [-0.25, -0.2) is 18.4 Å². The smallest absolute Gasteiger partial charge is 0.231 e. The topological polar surface area (TPSA) is 143 Å². The number of benzene rings is 2. The van der Waals surface area contributed by atoms with E-state index in [1.807, 2.05) is 18.2 Å². The predicted molar refractivity (Wildman–Crippen MR) is 103 cm³/mol. The molecule has 4 N–H and O–H groups in total. The molecular weight excluding hydrogens is 382 g/mol. The third kappa shape index (κ3) is 3.54. The molecule has 1 aliphatic rings. The number of hydrogen-bond acceptors (Lipinski definition) is 7. The fourth-order valence-corrected chi connectivity index (χ4v) is 3.53. The molecule has 0 bridgehead atoms. The summed E-state index contributed by atoms with van der Waals surface area (Å²) in [6, 6.07) is 10.1. The molecule has 0 radical (unpaired) electrons. The van der Waals surface area contributed by atoms with Gasteiger partial charge in [0.05, 0.1) is 10.4 Å². The van der Waals surface area contributed by atoms with E-state index in [4.69, 9.17) is 20.9 Å². The van der Waals surface area contributed by atoms with Gasteiger partial charge in [0.25, 0.3) is 0 Å². The summed E-state index contributed by atoms with van der Waals surface area (Å²) >= 11 is 0. The molecule has 2 heterocycles. The summed E-state index contributed by atoms with van der Waals surface area (Å²) in [4.78, 5) is 13.2. The van der Waals surface area contributed by atoms with Gasteiger partial charge in [0.15, 0.2) is 33.1 Å². The molecule has 1 aliphatic heterocycles. The van der Waals surface area contributed by atoms with Gasteiger partial charge in [-0.2, -0.15) is 4.99 Å². The molecule has 1 aromatic heterocycles. The quantitative estimate of drug-likeness (QED) is 0.493. The molecule has 0 saturated heterocycles. The van der Waals surface area contributed by atoms with Crippen molar-refractivity contribution in [1.29, 1.82) is 0 Å². The summed E-state index contributed by atoms with van der Waals surface area (Å²) in [7, 11) is -3.38. The van der Waals surface area contributed by atoms with Gasteiger partial charge in [-0.05, 0) is 35.9 Å². The van der Waals surface area contributed by atoms with E-state index >= 15 is 0 Å². The minimum Gasteiger partial charge on any atom is -0.454 e. The van der Waals surface area contributed by atoms with Crippen LogP contribution in [0.2, 0.25) is 0 Å². The molecule has 0 atom stereocenters. The first-order valence-corrected chi connectivity index (χ1v) is 10.2. The summed E-state index contributed by atoms with van der Waals surface area (Å²) in [6.45, 7) is 0.189. The Morgan fingerprint density at radius 1 is 1.11 bits per heavy atom. The van der Waals surface area contributed by atoms with Gasteiger partial charge in [0, 0.05) is 18.1 Å². The lowest BCUT2D eigenvalue weighted by Crippen LogP contribution is -2.22. The number of nitrogens with zero attached hydrogens (tertiary/aromatic N) is 3. The summed E-state index contributed by atoms with van der Waals surface area (Å²) in [6.07, 6.45) is 1.52. The Kier molecular flexibility index (Phi) is 4.27. The third-order valence-corrected chi connectivity index (χ3v) is 5.27. The molecule has 0 aliphatic carbocycles. The monoisotopic (exact) mass is 399 g/mol. The van der Waals surface area contributed by atoms with E-state index in [1.54, 1.807) is 6.07 Å². The SMILES string of the molecule is CS(=O)(=O)c1ccc2c(N=C(N)N)nc(Cc3ccc4c(c3)OCO4)nc2c1. The Hall–Kier alpha value is -3.40. The zero-order chi connectivity index (χ0) is 19.9. The predicted octanol–water partition coefficient (Wildman–Crippen LogP) is 1.26. The van der Waals surface area contributed by atoms with E-state index in [9.17, 15) is 8.42 Å². The van der Waals surface area contributed by atoms with Crippen LogP contribution in [0.1, 0.15) is 11.4 Å². The molecule has 0 amide bonds. The molecular formula is C18H17N5O4S. The number of aromatic nitrogens is 2. The van der Waals surface area contributed by atoms with Crippen molar-refractivity contribution in [2.24, 2.45) is 16.5 Å². The molecule has 3 aromatic rings. The molecule has 9 nitrogen and oxygen atoms in total. The van der Waals surface area contributed by atoms with Crippen LogP contribution in [0.4, 0.5) is 5.82 Å². The van der Waals surface area contributed by atoms with E-state index in [0.717, 1.165) is 11.8 Å². The van der Waals surface area contributed by atoms with Gasteiger partial charge in [-0.3, -0.25) is 0 Å². The summed E-state index contributed by atoms with van der Waals surface area (Å²) in [5.74, 6) is 1.91. The number of hydrogen-bond donors (Lipinski definition) is 2. The Morgan fingerprint density at radius 2 is 1.89 bits per heavy atom. The number of rotatable bonds is 4. The summed E-state index contributed by atoms with van der Waals surface area (Å²) in [5, 5.41) is 0.551. The van der Waals surface area contributed by atoms with Crippen molar-refractivity contribution in [3.63, 3.8) is 0 Å². The lowest BCUT2D eigenvalue weighted by molar-refractivity contribution is 0.174. The number of aliphatic imine (C=N–C) groups is 1. The second-order valence-electron chi connectivity index (χ2n) is 6.32. The van der Waals surface area contributed by atoms with Crippen LogP contribution >= 0.6 is 0 Å². The third-order valence-electron chi connectivity index (χ3n) is 4.16. The zero-order valence-corrected chi connectivity index (χ0v) is 15.7. The van der Waals surface area contributed by atoms with Crippen molar-refractivity contribution >= 4 is 32.5 Å². The van der Waals surface area contributed by atoms with Crippen LogP contribution < -0.4 is 20.9 Å². The molecule has 144 valence electrons. The Balaban J connectivity index is 1.82. The lowest BCUT2D eigenvalue weighted by Gasteiger charge is -2.08. The minimum absolute atomic E-state index is 0.152. The maximum Gasteiger partial charge on any atom is 0.231 e. The van der Waals surface area contributed by atoms with Crippen LogP contribution in [0.15, 0.2) is 46.3 Å². The molecule has 0 spiro atoms. The van der Waals surface area contributed by atoms with E-state index in [1.165, 1.54) is 12.1 Å². The van der Waals surface area contributed by atoms with Crippen molar-refractivity contribution in [3.05, 3.63) is 47.8 Å². The highest BCUT2D eigenvalue weighted by Gasteiger charge is 2.16. The average molecular weight is 399 g/mol. The van der Waals surface area contributed by atoms with Crippen LogP contribution in [0.3, 0.4) is 0 Å². The normalized spacial score (nSPS) is 12.9. The van der Waals surface area contributed by atoms with Crippen LogP contribution in [-0.4, -0.2) is 37.4 Å². The van der Waals surface area contributed by atoms with Crippen LogP contribution in [0.25, 0.3) is 10.9 Å². The Morgan fingerprint density at radius 3 is 2.64 bits per heavy atom. The van der Waals surface area contributed by atoms with Crippen molar-refractivity contribution in [2.75, 3.05) is 13.0 Å². The van der Waals surface area contributed by atoms with Gasteiger partial charge in [0.1, 0.15) is 5.82 Å². The van der Waals surface area contributed by atoms with E-state index in [-0.39, 0.29) is 23.5 Å². The minimum atomic E-state index is -3.38. The maximum absolute atomic E-state index is 11.9. The largest absolute Gasteiger partial charge is 0.454 e. The molecule has 10 heteroatoms. The lowest BCUT2D eigenvalue weighted by atomic mass is 10.1. The highest BCUT2D eigenvalue weighted by atomic mass is 32.2. The van der Waals surface area contributed by atoms with Gasteiger partial charge in [0.2, 0.25) is 6.79 Å². The number of fused-ring (bicyclic) bond motifs is 2. The standard InChI is InChI=1S/C18H17N5O4S/c1-28(24,25)11-3-4-12-13(8-11)21-16(22-17(12)23-18(19)20)7-10-2-5-14-15(6-10)27-9-26-14/h2-6,8H,7,9H2,1H3,(H4,19,20,21,22,23). The average Bonchev–Trinajstić information content (AvgIpc) is 3.07.